The number of carbonyl (C=O) groups excluding carboxylic acids is 4. The van der Waals surface area contributed by atoms with Crippen LogP contribution in [0.25, 0.3) is 0 Å². The third-order valence-electron chi connectivity index (χ3n) is 4.33. The smallest absolute Gasteiger partial charge is 0.251 e. The second kappa shape index (κ2) is 8.97. The SMILES string of the molecule is CC(C)(C)C[C@H](NC(=O)c1ccccc1)C(=O)NC1C(=O)COC1CC(N)=O. The van der Waals surface area contributed by atoms with Crippen LogP contribution in [0.15, 0.2) is 30.3 Å². The van der Waals surface area contributed by atoms with Gasteiger partial charge >= 0.3 is 0 Å². The summed E-state index contributed by atoms with van der Waals surface area (Å²) in [7, 11) is 0. The van der Waals surface area contributed by atoms with Crippen molar-refractivity contribution in [1.29, 1.82) is 0 Å². The first-order valence-corrected chi connectivity index (χ1v) is 9.16. The van der Waals surface area contributed by atoms with Crippen molar-refractivity contribution in [2.45, 2.75) is 51.8 Å². The van der Waals surface area contributed by atoms with Crippen LogP contribution >= 0.6 is 0 Å². The number of benzene rings is 1. The number of hydrogen-bond donors (Lipinski definition) is 3. The monoisotopic (exact) mass is 389 g/mol. The normalized spacial score (nSPS) is 20.5. The molecular weight excluding hydrogens is 362 g/mol. The third-order valence-corrected chi connectivity index (χ3v) is 4.33. The molecule has 152 valence electrons. The lowest BCUT2D eigenvalue weighted by Crippen LogP contribution is -2.54. The Kier molecular flexibility index (Phi) is 6.90. The minimum absolute atomic E-state index is 0.170. The number of Topliss-reactive ketones (excluding diaryl/α,β-unsaturated/α-hetero) is 1. The van der Waals surface area contributed by atoms with E-state index in [1.165, 1.54) is 0 Å². The Morgan fingerprint density at radius 3 is 2.43 bits per heavy atom. The lowest BCUT2D eigenvalue weighted by molar-refractivity contribution is -0.128. The molecule has 0 bridgehead atoms. The van der Waals surface area contributed by atoms with E-state index in [9.17, 15) is 19.2 Å². The van der Waals surface area contributed by atoms with Gasteiger partial charge in [-0.05, 0) is 24.0 Å². The van der Waals surface area contributed by atoms with Crippen LogP contribution in [0.1, 0.15) is 44.0 Å². The van der Waals surface area contributed by atoms with E-state index in [2.05, 4.69) is 10.6 Å². The topological polar surface area (TPSA) is 128 Å². The van der Waals surface area contributed by atoms with Crippen LogP contribution in [0, 0.1) is 5.41 Å². The van der Waals surface area contributed by atoms with E-state index in [-0.39, 0.29) is 30.1 Å². The van der Waals surface area contributed by atoms with Gasteiger partial charge in [0.1, 0.15) is 18.7 Å². The Bertz CT molecular complexity index is 742. The van der Waals surface area contributed by atoms with Gasteiger partial charge in [0, 0.05) is 5.56 Å². The number of primary amides is 1. The summed E-state index contributed by atoms with van der Waals surface area (Å²) in [5.74, 6) is -1.84. The van der Waals surface area contributed by atoms with Crippen LogP contribution in [0.3, 0.4) is 0 Å². The highest BCUT2D eigenvalue weighted by molar-refractivity contribution is 5.99. The van der Waals surface area contributed by atoms with Crippen LogP contribution in [0.2, 0.25) is 0 Å². The van der Waals surface area contributed by atoms with E-state index in [0.717, 1.165) is 0 Å². The lowest BCUT2D eigenvalue weighted by Gasteiger charge is -2.28. The Hall–Kier alpha value is -2.74. The summed E-state index contributed by atoms with van der Waals surface area (Å²) in [4.78, 5) is 48.6. The Balaban J connectivity index is 2.13. The molecule has 1 saturated heterocycles. The van der Waals surface area contributed by atoms with Crippen LogP contribution in [-0.4, -0.2) is 48.3 Å². The number of ketones is 1. The number of carbonyl (C=O) groups is 4. The van der Waals surface area contributed by atoms with E-state index in [1.807, 2.05) is 20.8 Å². The molecule has 0 radical (unpaired) electrons. The van der Waals surface area contributed by atoms with E-state index < -0.39 is 30.0 Å². The Labute approximate surface area is 164 Å². The predicted molar refractivity (Wildman–Crippen MR) is 102 cm³/mol. The minimum Gasteiger partial charge on any atom is -0.370 e. The predicted octanol–water partition coefficient (Wildman–Crippen LogP) is 0.549. The summed E-state index contributed by atoms with van der Waals surface area (Å²) in [6, 6.07) is 6.75. The van der Waals surface area contributed by atoms with Gasteiger partial charge in [0.2, 0.25) is 11.8 Å². The molecule has 3 amide bonds. The van der Waals surface area contributed by atoms with Gasteiger partial charge in [0.05, 0.1) is 12.5 Å². The molecule has 2 unspecified atom stereocenters. The zero-order valence-corrected chi connectivity index (χ0v) is 16.4. The molecule has 1 aliphatic heterocycles. The van der Waals surface area contributed by atoms with Gasteiger partial charge < -0.3 is 21.1 Å². The van der Waals surface area contributed by atoms with Gasteiger partial charge in [-0.1, -0.05) is 39.0 Å². The molecule has 28 heavy (non-hydrogen) atoms. The molecule has 1 fully saturated rings. The molecule has 1 aromatic carbocycles. The number of rotatable bonds is 7. The zero-order chi connectivity index (χ0) is 20.9. The maximum atomic E-state index is 12.9. The molecule has 0 aliphatic carbocycles. The van der Waals surface area contributed by atoms with E-state index >= 15 is 0 Å². The molecule has 1 aromatic rings. The average molecular weight is 389 g/mol. The van der Waals surface area contributed by atoms with Crippen LogP contribution < -0.4 is 16.4 Å². The van der Waals surface area contributed by atoms with E-state index in [4.69, 9.17) is 10.5 Å². The fourth-order valence-electron chi connectivity index (χ4n) is 3.04. The molecule has 1 aliphatic rings. The number of nitrogens with one attached hydrogen (secondary N) is 2. The summed E-state index contributed by atoms with van der Waals surface area (Å²) >= 11 is 0. The van der Waals surface area contributed by atoms with Crippen molar-refractivity contribution < 1.29 is 23.9 Å². The zero-order valence-electron chi connectivity index (χ0n) is 16.4. The first-order chi connectivity index (χ1) is 13.1. The Morgan fingerprint density at radius 2 is 1.86 bits per heavy atom. The number of ether oxygens (including phenoxy) is 1. The molecule has 1 heterocycles. The summed E-state index contributed by atoms with van der Waals surface area (Å²) in [6.45, 7) is 5.65. The van der Waals surface area contributed by atoms with E-state index in [1.54, 1.807) is 30.3 Å². The fourth-order valence-corrected chi connectivity index (χ4v) is 3.04. The van der Waals surface area contributed by atoms with Crippen molar-refractivity contribution in [2.75, 3.05) is 6.61 Å². The van der Waals surface area contributed by atoms with Crippen molar-refractivity contribution in [3.8, 4) is 0 Å². The summed E-state index contributed by atoms with van der Waals surface area (Å²) in [6.07, 6.45) is -0.606. The Morgan fingerprint density at radius 1 is 1.21 bits per heavy atom. The van der Waals surface area contributed by atoms with Crippen molar-refractivity contribution in [1.82, 2.24) is 10.6 Å². The highest BCUT2D eigenvalue weighted by atomic mass is 16.5. The second-order valence-electron chi connectivity index (χ2n) is 8.13. The van der Waals surface area contributed by atoms with E-state index in [0.29, 0.717) is 12.0 Å². The van der Waals surface area contributed by atoms with Gasteiger partial charge in [0.15, 0.2) is 5.78 Å². The number of nitrogens with two attached hydrogens (primary N) is 1. The third kappa shape index (κ3) is 6.16. The summed E-state index contributed by atoms with van der Waals surface area (Å²) in [5, 5.41) is 5.37. The summed E-state index contributed by atoms with van der Waals surface area (Å²) < 4.78 is 5.27. The molecular formula is C20H27N3O5. The van der Waals surface area contributed by atoms with Gasteiger partial charge in [-0.15, -0.1) is 0 Å². The fraction of sp³-hybridized carbons (Fsp3) is 0.500. The first kappa shape index (κ1) is 21.6. The average Bonchev–Trinajstić information content (AvgIpc) is 2.93. The molecule has 2 rings (SSSR count). The van der Waals surface area contributed by atoms with Gasteiger partial charge in [-0.3, -0.25) is 19.2 Å². The molecule has 0 aromatic heterocycles. The van der Waals surface area contributed by atoms with Crippen LogP contribution in [0.5, 0.6) is 0 Å². The standard InChI is InChI=1S/C20H27N3O5/c1-20(2,3)10-13(22-18(26)12-7-5-4-6-8-12)19(27)23-17-14(24)11-28-15(17)9-16(21)25/h4-8,13,15,17H,9-11H2,1-3H3,(H2,21,25)(H,22,26)(H,23,27)/t13-,15?,17?/m0/s1. The lowest BCUT2D eigenvalue weighted by atomic mass is 9.87. The van der Waals surface area contributed by atoms with Crippen LogP contribution in [-0.2, 0) is 19.1 Å². The molecule has 8 nitrogen and oxygen atoms in total. The first-order valence-electron chi connectivity index (χ1n) is 9.16. The van der Waals surface area contributed by atoms with Gasteiger partial charge in [-0.25, -0.2) is 0 Å². The van der Waals surface area contributed by atoms with Crippen molar-refractivity contribution in [2.24, 2.45) is 11.1 Å². The molecule has 3 atom stereocenters. The molecule has 4 N–H and O–H groups in total. The van der Waals surface area contributed by atoms with Gasteiger partial charge in [-0.2, -0.15) is 0 Å². The minimum atomic E-state index is -0.962. The largest absolute Gasteiger partial charge is 0.370 e. The number of hydrogen-bond acceptors (Lipinski definition) is 5. The maximum Gasteiger partial charge on any atom is 0.251 e. The quantitative estimate of drug-likeness (QED) is 0.627. The second-order valence-corrected chi connectivity index (χ2v) is 8.13. The van der Waals surface area contributed by atoms with Crippen molar-refractivity contribution in [3.05, 3.63) is 35.9 Å². The number of amides is 3. The maximum absolute atomic E-state index is 12.9. The summed E-state index contributed by atoms with van der Waals surface area (Å²) in [5.41, 5.74) is 5.36. The van der Waals surface area contributed by atoms with Crippen molar-refractivity contribution in [3.63, 3.8) is 0 Å². The molecule has 0 saturated carbocycles. The molecule has 0 spiro atoms. The van der Waals surface area contributed by atoms with Crippen molar-refractivity contribution >= 4 is 23.5 Å². The highest BCUT2D eigenvalue weighted by Crippen LogP contribution is 2.22. The highest BCUT2D eigenvalue weighted by Gasteiger charge is 2.39. The van der Waals surface area contributed by atoms with Crippen LogP contribution in [0.4, 0.5) is 0 Å². The molecule has 8 heteroatoms. The van der Waals surface area contributed by atoms with Gasteiger partial charge in [0.25, 0.3) is 5.91 Å².